The number of aliphatic hydroxyl groups excluding tert-OH is 1. The van der Waals surface area contributed by atoms with Gasteiger partial charge in [0.1, 0.15) is 18.5 Å². The number of ether oxygens (including phenoxy) is 1. The monoisotopic (exact) mass is 426 g/mol. The maximum atomic E-state index is 10.8. The molecule has 0 aliphatic carbocycles. The third-order valence-corrected chi connectivity index (χ3v) is 5.56. The number of nitrogens with zero attached hydrogens (tertiary/aromatic N) is 2. The van der Waals surface area contributed by atoms with Crippen molar-refractivity contribution in [1.29, 1.82) is 0 Å². The minimum absolute atomic E-state index is 0.219. The van der Waals surface area contributed by atoms with Crippen LogP contribution in [0.4, 0.5) is 0 Å². The lowest BCUT2D eigenvalue weighted by Crippen LogP contribution is -2.24. The number of aryl methyl sites for hydroxylation is 1. The Hall–Kier alpha value is -3.37. The quantitative estimate of drug-likeness (QED) is 0.371. The summed E-state index contributed by atoms with van der Waals surface area (Å²) in [5.41, 5.74) is 6.32. The Morgan fingerprint density at radius 3 is 2.22 bits per heavy atom. The maximum absolute atomic E-state index is 10.8. The first-order valence-corrected chi connectivity index (χ1v) is 11.1. The first-order chi connectivity index (χ1) is 15.5. The van der Waals surface area contributed by atoms with Crippen LogP contribution in [0, 0.1) is 6.92 Å². The van der Waals surface area contributed by atoms with E-state index < -0.39 is 6.10 Å². The van der Waals surface area contributed by atoms with Crippen molar-refractivity contribution in [2.75, 3.05) is 6.61 Å². The number of hydrogen-bond donors (Lipinski definition) is 1. The van der Waals surface area contributed by atoms with E-state index in [4.69, 9.17) is 9.72 Å². The van der Waals surface area contributed by atoms with Crippen molar-refractivity contribution in [3.63, 3.8) is 0 Å². The zero-order valence-electron chi connectivity index (χ0n) is 18.9. The van der Waals surface area contributed by atoms with Crippen molar-refractivity contribution >= 4 is 0 Å². The van der Waals surface area contributed by atoms with Crippen LogP contribution in [-0.2, 0) is 6.54 Å². The van der Waals surface area contributed by atoms with E-state index in [1.54, 1.807) is 6.33 Å². The van der Waals surface area contributed by atoms with Crippen LogP contribution in [-0.4, -0.2) is 27.4 Å². The number of imidazole rings is 1. The Morgan fingerprint density at radius 1 is 0.906 bits per heavy atom. The van der Waals surface area contributed by atoms with Gasteiger partial charge in [-0.1, -0.05) is 86.6 Å². The molecule has 1 aromatic heterocycles. The molecule has 4 rings (SSSR count). The van der Waals surface area contributed by atoms with Gasteiger partial charge in [0.05, 0.1) is 24.3 Å². The number of aromatic nitrogens is 2. The fourth-order valence-electron chi connectivity index (χ4n) is 3.94. The highest BCUT2D eigenvalue weighted by Gasteiger charge is 2.18. The summed E-state index contributed by atoms with van der Waals surface area (Å²) in [6.45, 7) is 6.96. The van der Waals surface area contributed by atoms with Crippen LogP contribution < -0.4 is 4.74 Å². The van der Waals surface area contributed by atoms with Gasteiger partial charge in [-0.2, -0.15) is 0 Å². The number of rotatable bonds is 8. The molecule has 0 saturated carbocycles. The lowest BCUT2D eigenvalue weighted by molar-refractivity contribution is 0.0922. The fourth-order valence-corrected chi connectivity index (χ4v) is 3.94. The van der Waals surface area contributed by atoms with Crippen LogP contribution >= 0.6 is 0 Å². The lowest BCUT2D eigenvalue weighted by Gasteiger charge is -2.19. The molecule has 0 spiro atoms. The van der Waals surface area contributed by atoms with E-state index in [0.717, 1.165) is 39.4 Å². The molecule has 0 amide bonds. The highest BCUT2D eigenvalue weighted by molar-refractivity contribution is 5.78. The Labute approximate surface area is 190 Å². The standard InChI is InChI=1S/C28H30N2O2/c1-20(2)25-15-14-21(3)16-26(25)32-18-24(31)17-30-19-29-27(22-10-6-4-7-11-22)28(30)23-12-8-5-9-13-23/h4-16,19-20,24,31H,17-18H2,1-3H3. The maximum Gasteiger partial charge on any atom is 0.123 e. The van der Waals surface area contributed by atoms with Gasteiger partial charge in [-0.15, -0.1) is 0 Å². The second kappa shape index (κ2) is 9.84. The van der Waals surface area contributed by atoms with Gasteiger partial charge in [-0.05, 0) is 30.0 Å². The van der Waals surface area contributed by atoms with E-state index >= 15 is 0 Å². The van der Waals surface area contributed by atoms with E-state index in [1.165, 1.54) is 0 Å². The van der Waals surface area contributed by atoms with Gasteiger partial charge >= 0.3 is 0 Å². The number of aliphatic hydroxyl groups is 1. The molecule has 3 aromatic carbocycles. The molecular formula is C28H30N2O2. The molecule has 4 nitrogen and oxygen atoms in total. The molecule has 1 N–H and O–H groups in total. The van der Waals surface area contributed by atoms with Gasteiger partial charge in [-0.25, -0.2) is 4.98 Å². The summed E-state index contributed by atoms with van der Waals surface area (Å²) < 4.78 is 8.09. The molecular weight excluding hydrogens is 396 g/mol. The summed E-state index contributed by atoms with van der Waals surface area (Å²) in [6, 6.07) is 26.6. The molecule has 0 fully saturated rings. The number of hydrogen-bond acceptors (Lipinski definition) is 3. The van der Waals surface area contributed by atoms with E-state index in [-0.39, 0.29) is 6.61 Å². The Bertz CT molecular complexity index is 1150. The zero-order valence-corrected chi connectivity index (χ0v) is 18.9. The van der Waals surface area contributed by atoms with E-state index in [9.17, 15) is 5.11 Å². The second-order valence-corrected chi connectivity index (χ2v) is 8.49. The van der Waals surface area contributed by atoms with Crippen LogP contribution in [0.2, 0.25) is 0 Å². The van der Waals surface area contributed by atoms with Crippen molar-refractivity contribution < 1.29 is 9.84 Å². The van der Waals surface area contributed by atoms with E-state index in [1.807, 2.05) is 47.0 Å². The van der Waals surface area contributed by atoms with Gasteiger partial charge in [0.2, 0.25) is 0 Å². The molecule has 1 heterocycles. The summed E-state index contributed by atoms with van der Waals surface area (Å²) in [4.78, 5) is 4.69. The Balaban J connectivity index is 1.57. The zero-order chi connectivity index (χ0) is 22.5. The Kier molecular flexibility index (Phi) is 6.72. The fraction of sp³-hybridized carbons (Fsp3) is 0.250. The molecule has 32 heavy (non-hydrogen) atoms. The predicted octanol–water partition coefficient (Wildman–Crippen LogP) is 6.09. The third kappa shape index (κ3) is 4.92. The molecule has 0 bridgehead atoms. The van der Waals surface area contributed by atoms with Gasteiger partial charge < -0.3 is 14.4 Å². The molecule has 164 valence electrons. The Morgan fingerprint density at radius 2 is 1.56 bits per heavy atom. The molecule has 4 heteroatoms. The van der Waals surface area contributed by atoms with Crippen molar-refractivity contribution in [3.05, 3.63) is 96.3 Å². The number of benzene rings is 3. The average Bonchev–Trinajstić information content (AvgIpc) is 3.22. The summed E-state index contributed by atoms with van der Waals surface area (Å²) in [5.74, 6) is 1.20. The van der Waals surface area contributed by atoms with Gasteiger partial charge in [0, 0.05) is 11.1 Å². The summed E-state index contributed by atoms with van der Waals surface area (Å²) >= 11 is 0. The summed E-state index contributed by atoms with van der Waals surface area (Å²) in [6.07, 6.45) is 1.14. The highest BCUT2D eigenvalue weighted by Crippen LogP contribution is 2.31. The van der Waals surface area contributed by atoms with Crippen LogP contribution in [0.1, 0.15) is 30.9 Å². The van der Waals surface area contributed by atoms with Crippen LogP contribution in [0.15, 0.2) is 85.2 Å². The summed E-state index contributed by atoms with van der Waals surface area (Å²) in [7, 11) is 0. The molecule has 0 aliphatic heterocycles. The van der Waals surface area contributed by atoms with Gasteiger partial charge in [0.15, 0.2) is 0 Å². The molecule has 0 radical (unpaired) electrons. The molecule has 0 aliphatic rings. The lowest BCUT2D eigenvalue weighted by atomic mass is 10.0. The first kappa shape index (κ1) is 21.8. The smallest absolute Gasteiger partial charge is 0.123 e. The van der Waals surface area contributed by atoms with Crippen LogP contribution in [0.3, 0.4) is 0 Å². The first-order valence-electron chi connectivity index (χ1n) is 11.1. The van der Waals surface area contributed by atoms with E-state index in [2.05, 4.69) is 57.2 Å². The second-order valence-electron chi connectivity index (χ2n) is 8.49. The average molecular weight is 427 g/mol. The van der Waals surface area contributed by atoms with Crippen molar-refractivity contribution in [3.8, 4) is 28.3 Å². The topological polar surface area (TPSA) is 47.3 Å². The normalized spacial score (nSPS) is 12.2. The van der Waals surface area contributed by atoms with Crippen LogP contribution in [0.5, 0.6) is 5.75 Å². The molecule has 1 atom stereocenters. The third-order valence-electron chi connectivity index (χ3n) is 5.56. The molecule has 4 aromatic rings. The van der Waals surface area contributed by atoms with Crippen molar-refractivity contribution in [1.82, 2.24) is 9.55 Å². The summed E-state index contributed by atoms with van der Waals surface area (Å²) in [5, 5.41) is 10.8. The molecule has 0 saturated heterocycles. The van der Waals surface area contributed by atoms with Crippen molar-refractivity contribution in [2.45, 2.75) is 39.3 Å². The molecule has 1 unspecified atom stereocenters. The van der Waals surface area contributed by atoms with Crippen molar-refractivity contribution in [2.24, 2.45) is 0 Å². The highest BCUT2D eigenvalue weighted by atomic mass is 16.5. The van der Waals surface area contributed by atoms with Crippen LogP contribution in [0.25, 0.3) is 22.5 Å². The van der Waals surface area contributed by atoms with Gasteiger partial charge in [0.25, 0.3) is 0 Å². The largest absolute Gasteiger partial charge is 0.491 e. The van der Waals surface area contributed by atoms with Gasteiger partial charge in [-0.3, -0.25) is 0 Å². The SMILES string of the molecule is Cc1ccc(C(C)C)c(OCC(O)Cn2cnc(-c3ccccc3)c2-c2ccccc2)c1. The van der Waals surface area contributed by atoms with E-state index in [0.29, 0.717) is 12.5 Å². The minimum Gasteiger partial charge on any atom is -0.491 e. The minimum atomic E-state index is -0.671. The predicted molar refractivity (Wildman–Crippen MR) is 130 cm³/mol.